The zero-order chi connectivity index (χ0) is 18.8. The lowest BCUT2D eigenvalue weighted by atomic mass is 9.94. The van der Waals surface area contributed by atoms with Gasteiger partial charge < -0.3 is 4.90 Å². The van der Waals surface area contributed by atoms with Crippen LogP contribution >= 0.6 is 23.4 Å². The number of rotatable bonds is 4. The van der Waals surface area contributed by atoms with Crippen molar-refractivity contribution in [3.8, 4) is 0 Å². The Balaban J connectivity index is 1.59. The van der Waals surface area contributed by atoms with Gasteiger partial charge in [-0.25, -0.2) is 0 Å². The van der Waals surface area contributed by atoms with E-state index in [0.29, 0.717) is 11.8 Å². The SMILES string of the molecule is CN(C(=O)CSc1c2c(nc3ccc(Cl)cc13)CCCC2)C1CCCCC1. The third-order valence-corrected chi connectivity index (χ3v) is 7.41. The minimum absolute atomic E-state index is 0.239. The second-order valence-corrected chi connectivity index (χ2v) is 9.24. The van der Waals surface area contributed by atoms with Crippen LogP contribution in [0.2, 0.25) is 5.02 Å². The first-order chi connectivity index (χ1) is 13.1. The van der Waals surface area contributed by atoms with Crippen molar-refractivity contribution >= 4 is 40.2 Å². The molecule has 27 heavy (non-hydrogen) atoms. The molecule has 1 amide bonds. The molecule has 1 heterocycles. The van der Waals surface area contributed by atoms with Crippen molar-refractivity contribution in [3.63, 3.8) is 0 Å². The normalized spacial score (nSPS) is 17.7. The Bertz CT molecular complexity index is 848. The smallest absolute Gasteiger partial charge is 0.232 e. The Morgan fingerprint density at radius 3 is 2.78 bits per heavy atom. The van der Waals surface area contributed by atoms with Gasteiger partial charge in [0.15, 0.2) is 0 Å². The van der Waals surface area contributed by atoms with Crippen LogP contribution < -0.4 is 0 Å². The summed E-state index contributed by atoms with van der Waals surface area (Å²) in [5, 5.41) is 1.83. The minimum Gasteiger partial charge on any atom is -0.342 e. The fourth-order valence-corrected chi connectivity index (χ4v) is 5.78. The molecule has 0 spiro atoms. The quantitative estimate of drug-likeness (QED) is 0.619. The summed E-state index contributed by atoms with van der Waals surface area (Å²) in [6.45, 7) is 0. The number of carbonyl (C=O) groups is 1. The van der Waals surface area contributed by atoms with Crippen LogP contribution in [0.1, 0.15) is 56.2 Å². The van der Waals surface area contributed by atoms with Crippen molar-refractivity contribution in [2.75, 3.05) is 12.8 Å². The largest absolute Gasteiger partial charge is 0.342 e. The molecule has 0 atom stereocenters. The zero-order valence-corrected chi connectivity index (χ0v) is 17.5. The topological polar surface area (TPSA) is 33.2 Å². The molecule has 1 fully saturated rings. The number of halogens is 1. The fourth-order valence-electron chi connectivity index (χ4n) is 4.43. The van der Waals surface area contributed by atoms with E-state index in [-0.39, 0.29) is 5.91 Å². The van der Waals surface area contributed by atoms with Gasteiger partial charge in [-0.05, 0) is 62.3 Å². The summed E-state index contributed by atoms with van der Waals surface area (Å²) in [5.74, 6) is 0.730. The molecule has 0 saturated heterocycles. The van der Waals surface area contributed by atoms with Crippen LogP contribution in [-0.2, 0) is 17.6 Å². The number of benzene rings is 1. The van der Waals surface area contributed by atoms with Gasteiger partial charge in [-0.15, -0.1) is 11.8 Å². The van der Waals surface area contributed by atoms with Crippen LogP contribution in [0.4, 0.5) is 0 Å². The van der Waals surface area contributed by atoms with Gasteiger partial charge in [-0.1, -0.05) is 30.9 Å². The fraction of sp³-hybridized carbons (Fsp3) is 0.545. The first-order valence-electron chi connectivity index (χ1n) is 10.1. The minimum atomic E-state index is 0.239. The predicted octanol–water partition coefficient (Wildman–Crippen LogP) is 5.65. The highest BCUT2D eigenvalue weighted by atomic mass is 35.5. The van der Waals surface area contributed by atoms with Crippen LogP contribution in [-0.4, -0.2) is 34.6 Å². The number of carbonyl (C=O) groups excluding carboxylic acids is 1. The molecule has 2 aliphatic rings. The molecule has 3 nitrogen and oxygen atoms in total. The highest BCUT2D eigenvalue weighted by Crippen LogP contribution is 2.37. The summed E-state index contributed by atoms with van der Waals surface area (Å²) in [7, 11) is 1.98. The first-order valence-corrected chi connectivity index (χ1v) is 11.5. The van der Waals surface area contributed by atoms with E-state index < -0.39 is 0 Å². The molecule has 1 aromatic heterocycles. The third-order valence-electron chi connectivity index (χ3n) is 6.03. The zero-order valence-electron chi connectivity index (χ0n) is 16.0. The van der Waals surface area contributed by atoms with Crippen molar-refractivity contribution in [2.45, 2.75) is 68.7 Å². The van der Waals surface area contributed by atoms with Gasteiger partial charge in [-0.2, -0.15) is 0 Å². The highest BCUT2D eigenvalue weighted by molar-refractivity contribution is 8.00. The van der Waals surface area contributed by atoms with E-state index in [1.165, 1.54) is 48.3 Å². The summed E-state index contributed by atoms with van der Waals surface area (Å²) >= 11 is 7.96. The van der Waals surface area contributed by atoms with E-state index in [2.05, 4.69) is 0 Å². The van der Waals surface area contributed by atoms with Gasteiger partial charge in [0.2, 0.25) is 5.91 Å². The van der Waals surface area contributed by atoms with Crippen molar-refractivity contribution in [1.29, 1.82) is 0 Å². The highest BCUT2D eigenvalue weighted by Gasteiger charge is 2.24. The molecule has 2 aromatic rings. The number of aryl methyl sites for hydroxylation is 1. The monoisotopic (exact) mass is 402 g/mol. The molecule has 4 rings (SSSR count). The molecule has 2 aliphatic carbocycles. The van der Waals surface area contributed by atoms with Gasteiger partial charge >= 0.3 is 0 Å². The molecule has 1 aromatic carbocycles. The number of aromatic nitrogens is 1. The first kappa shape index (κ1) is 19.1. The lowest BCUT2D eigenvalue weighted by Gasteiger charge is -2.31. The number of amides is 1. The van der Waals surface area contributed by atoms with Gasteiger partial charge in [0, 0.05) is 34.1 Å². The summed E-state index contributed by atoms with van der Waals surface area (Å²) in [4.78, 5) is 21.0. The number of pyridine rings is 1. The summed E-state index contributed by atoms with van der Waals surface area (Å²) in [5.41, 5.74) is 3.55. The van der Waals surface area contributed by atoms with Crippen LogP contribution in [0, 0.1) is 0 Å². The lowest BCUT2D eigenvalue weighted by Crippen LogP contribution is -2.39. The van der Waals surface area contributed by atoms with Crippen LogP contribution in [0.15, 0.2) is 23.1 Å². The molecule has 0 aliphatic heterocycles. The van der Waals surface area contributed by atoms with Crippen molar-refractivity contribution in [2.24, 2.45) is 0 Å². The van der Waals surface area contributed by atoms with Gasteiger partial charge in [0.1, 0.15) is 0 Å². The molecule has 1 saturated carbocycles. The van der Waals surface area contributed by atoms with E-state index in [9.17, 15) is 4.79 Å². The Morgan fingerprint density at radius 2 is 1.96 bits per heavy atom. The Morgan fingerprint density at radius 1 is 1.19 bits per heavy atom. The lowest BCUT2D eigenvalue weighted by molar-refractivity contribution is -0.129. The van der Waals surface area contributed by atoms with E-state index in [1.807, 2.05) is 30.1 Å². The van der Waals surface area contributed by atoms with Crippen molar-refractivity contribution in [3.05, 3.63) is 34.5 Å². The Labute approximate surface area is 170 Å². The van der Waals surface area contributed by atoms with E-state index in [0.717, 1.165) is 41.6 Å². The maximum atomic E-state index is 12.9. The number of hydrogen-bond donors (Lipinski definition) is 0. The maximum absolute atomic E-state index is 12.9. The number of fused-ring (bicyclic) bond motifs is 2. The second-order valence-electron chi connectivity index (χ2n) is 7.82. The summed E-state index contributed by atoms with van der Waals surface area (Å²) < 4.78 is 0. The molecule has 0 unspecified atom stereocenters. The van der Waals surface area contributed by atoms with E-state index >= 15 is 0 Å². The molecule has 0 N–H and O–H groups in total. The molecule has 0 radical (unpaired) electrons. The van der Waals surface area contributed by atoms with E-state index in [4.69, 9.17) is 16.6 Å². The van der Waals surface area contributed by atoms with E-state index in [1.54, 1.807) is 11.8 Å². The van der Waals surface area contributed by atoms with Crippen LogP contribution in [0.5, 0.6) is 0 Å². The Hall–Kier alpha value is -1.26. The third kappa shape index (κ3) is 4.12. The van der Waals surface area contributed by atoms with Gasteiger partial charge in [0.05, 0.1) is 11.3 Å². The molecular weight excluding hydrogens is 376 g/mol. The number of thioether (sulfide) groups is 1. The summed E-state index contributed by atoms with van der Waals surface area (Å²) in [6, 6.07) is 6.34. The van der Waals surface area contributed by atoms with Crippen molar-refractivity contribution < 1.29 is 4.79 Å². The van der Waals surface area contributed by atoms with Crippen LogP contribution in [0.25, 0.3) is 10.9 Å². The predicted molar refractivity (Wildman–Crippen MR) is 114 cm³/mol. The molecular formula is C22H27ClN2OS. The van der Waals surface area contributed by atoms with Crippen molar-refractivity contribution in [1.82, 2.24) is 9.88 Å². The standard InChI is InChI=1S/C22H27ClN2OS/c1-25(16-7-3-2-4-8-16)21(26)14-27-22-17-9-5-6-10-19(17)24-20-12-11-15(23)13-18(20)22/h11-13,16H,2-10,14H2,1H3. The Kier molecular flexibility index (Phi) is 5.93. The van der Waals surface area contributed by atoms with Gasteiger partial charge in [-0.3, -0.25) is 9.78 Å². The average molecular weight is 403 g/mol. The van der Waals surface area contributed by atoms with Crippen LogP contribution in [0.3, 0.4) is 0 Å². The summed E-state index contributed by atoms with van der Waals surface area (Å²) in [6.07, 6.45) is 10.6. The average Bonchev–Trinajstić information content (AvgIpc) is 2.71. The maximum Gasteiger partial charge on any atom is 0.232 e. The molecule has 0 bridgehead atoms. The van der Waals surface area contributed by atoms with Gasteiger partial charge in [0.25, 0.3) is 0 Å². The molecule has 144 valence electrons. The number of nitrogens with zero attached hydrogens (tertiary/aromatic N) is 2. The second kappa shape index (κ2) is 8.40. The number of hydrogen-bond acceptors (Lipinski definition) is 3. The molecule has 5 heteroatoms.